The Hall–Kier alpha value is -2.16. The number of piperazine rings is 1. The van der Waals surface area contributed by atoms with Crippen molar-refractivity contribution in [1.29, 1.82) is 0 Å². The fourth-order valence-corrected chi connectivity index (χ4v) is 3.28. The van der Waals surface area contributed by atoms with E-state index in [2.05, 4.69) is 10.3 Å². The van der Waals surface area contributed by atoms with Gasteiger partial charge in [0, 0.05) is 39.3 Å². The molecule has 0 bridgehead atoms. The maximum atomic E-state index is 12.9. The predicted octanol–water partition coefficient (Wildman–Crippen LogP) is 2.78. The van der Waals surface area contributed by atoms with Crippen molar-refractivity contribution in [2.75, 3.05) is 53.5 Å². The molecule has 1 fully saturated rings. The van der Waals surface area contributed by atoms with Crippen molar-refractivity contribution in [3.63, 3.8) is 0 Å². The number of hydrogen-bond acceptors (Lipinski definition) is 4. The molecule has 1 aromatic rings. The number of methoxy groups -OCH3 is 2. The largest absolute Gasteiger partial charge is 0.493 e. The van der Waals surface area contributed by atoms with Crippen molar-refractivity contribution in [3.05, 3.63) is 23.8 Å². The van der Waals surface area contributed by atoms with E-state index in [-0.39, 0.29) is 0 Å². The third kappa shape index (κ3) is 6.42. The topological polar surface area (TPSA) is 49.3 Å². The first-order valence-corrected chi connectivity index (χ1v) is 9.85. The summed E-state index contributed by atoms with van der Waals surface area (Å²) in [7, 11) is 3.20. The molecule has 164 valence electrons. The van der Waals surface area contributed by atoms with Crippen LogP contribution in [0.3, 0.4) is 0 Å². The minimum Gasteiger partial charge on any atom is -0.493 e. The van der Waals surface area contributed by atoms with Crippen LogP contribution in [0.5, 0.6) is 11.5 Å². The first kappa shape index (κ1) is 23.1. The molecule has 0 spiro atoms. The molecule has 29 heavy (non-hydrogen) atoms. The summed E-state index contributed by atoms with van der Waals surface area (Å²) in [6.45, 7) is 6.22. The summed E-state index contributed by atoms with van der Waals surface area (Å²) < 4.78 is 49.4. The summed E-state index contributed by atoms with van der Waals surface area (Å²) in [5.41, 5.74) is 1.08. The predicted molar refractivity (Wildman–Crippen MR) is 108 cm³/mol. The van der Waals surface area contributed by atoms with Gasteiger partial charge in [0.15, 0.2) is 17.5 Å². The third-order valence-corrected chi connectivity index (χ3v) is 5.08. The highest BCUT2D eigenvalue weighted by Gasteiger charge is 2.41. The van der Waals surface area contributed by atoms with E-state index in [0.29, 0.717) is 50.8 Å². The Balaban J connectivity index is 1.95. The molecule has 1 aliphatic heterocycles. The molecule has 0 radical (unpaired) electrons. The SMILES string of the molecule is CCNC(=NCCc1ccc(OC)c(OC)c1)N1CCN(C(C)C(F)(F)F)CC1. The van der Waals surface area contributed by atoms with Gasteiger partial charge in [0.05, 0.1) is 14.2 Å². The molecule has 0 amide bonds. The van der Waals surface area contributed by atoms with Crippen molar-refractivity contribution < 1.29 is 22.6 Å². The molecule has 6 nitrogen and oxygen atoms in total. The monoisotopic (exact) mass is 416 g/mol. The van der Waals surface area contributed by atoms with E-state index in [0.717, 1.165) is 17.9 Å². The van der Waals surface area contributed by atoms with E-state index in [4.69, 9.17) is 9.47 Å². The van der Waals surface area contributed by atoms with E-state index in [1.165, 1.54) is 11.8 Å². The zero-order valence-corrected chi connectivity index (χ0v) is 17.6. The van der Waals surface area contributed by atoms with Gasteiger partial charge in [-0.15, -0.1) is 0 Å². The van der Waals surface area contributed by atoms with Crippen LogP contribution in [0.15, 0.2) is 23.2 Å². The highest BCUT2D eigenvalue weighted by Crippen LogP contribution is 2.28. The fourth-order valence-electron chi connectivity index (χ4n) is 3.28. The molecular weight excluding hydrogens is 385 g/mol. The van der Waals surface area contributed by atoms with Gasteiger partial charge < -0.3 is 19.7 Å². The lowest BCUT2D eigenvalue weighted by molar-refractivity contribution is -0.181. The average Bonchev–Trinajstić information content (AvgIpc) is 2.72. The Labute approximate surface area is 170 Å². The molecule has 1 aliphatic rings. The van der Waals surface area contributed by atoms with Crippen molar-refractivity contribution in [2.24, 2.45) is 4.99 Å². The second kappa shape index (κ2) is 10.6. The second-order valence-electron chi connectivity index (χ2n) is 6.92. The summed E-state index contributed by atoms with van der Waals surface area (Å²) in [5, 5.41) is 3.24. The van der Waals surface area contributed by atoms with Gasteiger partial charge in [0.25, 0.3) is 0 Å². The van der Waals surface area contributed by atoms with Gasteiger partial charge in [-0.1, -0.05) is 6.07 Å². The molecule has 0 aromatic heterocycles. The highest BCUT2D eigenvalue weighted by molar-refractivity contribution is 5.80. The highest BCUT2D eigenvalue weighted by atomic mass is 19.4. The number of nitrogens with zero attached hydrogens (tertiary/aromatic N) is 3. The minimum atomic E-state index is -4.19. The molecule has 1 unspecified atom stereocenters. The van der Waals surface area contributed by atoms with Gasteiger partial charge in [-0.3, -0.25) is 9.89 Å². The van der Waals surface area contributed by atoms with Crippen LogP contribution < -0.4 is 14.8 Å². The lowest BCUT2D eigenvalue weighted by Gasteiger charge is -2.39. The molecular formula is C20H31F3N4O2. The minimum absolute atomic E-state index is 0.362. The van der Waals surface area contributed by atoms with Crippen LogP contribution >= 0.6 is 0 Å². The van der Waals surface area contributed by atoms with Gasteiger partial charge in [0.2, 0.25) is 0 Å². The van der Waals surface area contributed by atoms with Crippen molar-refractivity contribution >= 4 is 5.96 Å². The number of hydrogen-bond donors (Lipinski definition) is 1. The maximum Gasteiger partial charge on any atom is 0.403 e. The molecule has 0 saturated carbocycles. The molecule has 0 aliphatic carbocycles. The summed E-state index contributed by atoms with van der Waals surface area (Å²) in [6.07, 6.45) is -3.47. The summed E-state index contributed by atoms with van der Waals surface area (Å²) in [6, 6.07) is 4.35. The fraction of sp³-hybridized carbons (Fsp3) is 0.650. The lowest BCUT2D eigenvalue weighted by atomic mass is 10.1. The molecule has 1 heterocycles. The maximum absolute atomic E-state index is 12.9. The number of guanidine groups is 1. The summed E-state index contributed by atoms with van der Waals surface area (Å²) in [5.74, 6) is 2.10. The molecule has 1 N–H and O–H groups in total. The number of rotatable bonds is 7. The van der Waals surface area contributed by atoms with Crippen LogP contribution in [0.1, 0.15) is 19.4 Å². The van der Waals surface area contributed by atoms with E-state index >= 15 is 0 Å². The number of nitrogens with one attached hydrogen (secondary N) is 1. The van der Waals surface area contributed by atoms with Gasteiger partial charge in [-0.05, 0) is 38.0 Å². The lowest BCUT2D eigenvalue weighted by Crippen LogP contribution is -2.56. The molecule has 9 heteroatoms. The Morgan fingerprint density at radius 3 is 2.34 bits per heavy atom. The van der Waals surface area contributed by atoms with E-state index in [1.807, 2.05) is 30.0 Å². The van der Waals surface area contributed by atoms with Crippen LogP contribution in [0.4, 0.5) is 13.2 Å². The standard InChI is InChI=1S/C20H31F3N4O2/c1-5-24-19(27-12-10-26(11-13-27)15(2)20(21,22)23)25-9-8-16-6-7-17(28-3)18(14-16)29-4/h6-7,14-15H,5,8-13H2,1-4H3,(H,24,25). The molecule has 1 aromatic carbocycles. The van der Waals surface area contributed by atoms with E-state index in [9.17, 15) is 13.2 Å². The Morgan fingerprint density at radius 1 is 1.14 bits per heavy atom. The number of halogens is 3. The van der Waals surface area contributed by atoms with Gasteiger partial charge in [-0.2, -0.15) is 13.2 Å². The first-order chi connectivity index (χ1) is 13.8. The van der Waals surface area contributed by atoms with E-state index in [1.54, 1.807) is 14.2 Å². The summed E-state index contributed by atoms with van der Waals surface area (Å²) in [4.78, 5) is 8.17. The number of benzene rings is 1. The van der Waals surface area contributed by atoms with Crippen LogP contribution in [0.25, 0.3) is 0 Å². The van der Waals surface area contributed by atoms with Crippen LogP contribution in [0.2, 0.25) is 0 Å². The molecule has 1 atom stereocenters. The Bertz CT molecular complexity index is 674. The van der Waals surface area contributed by atoms with Gasteiger partial charge in [-0.25, -0.2) is 0 Å². The van der Waals surface area contributed by atoms with E-state index < -0.39 is 12.2 Å². The Kier molecular flexibility index (Phi) is 8.43. The van der Waals surface area contributed by atoms with Crippen molar-refractivity contribution in [3.8, 4) is 11.5 Å². The van der Waals surface area contributed by atoms with Gasteiger partial charge >= 0.3 is 6.18 Å². The zero-order chi connectivity index (χ0) is 21.4. The van der Waals surface area contributed by atoms with Crippen molar-refractivity contribution in [2.45, 2.75) is 32.5 Å². The van der Waals surface area contributed by atoms with Gasteiger partial charge in [0.1, 0.15) is 6.04 Å². The number of ether oxygens (including phenoxy) is 2. The normalized spacial score (nSPS) is 17.2. The quantitative estimate of drug-likeness (QED) is 0.547. The summed E-state index contributed by atoms with van der Waals surface area (Å²) >= 11 is 0. The average molecular weight is 416 g/mol. The first-order valence-electron chi connectivity index (χ1n) is 9.85. The van der Waals surface area contributed by atoms with Crippen LogP contribution in [-0.4, -0.2) is 81.5 Å². The van der Waals surface area contributed by atoms with Crippen LogP contribution in [0, 0.1) is 0 Å². The number of aliphatic imine (C=N–C) groups is 1. The smallest absolute Gasteiger partial charge is 0.403 e. The van der Waals surface area contributed by atoms with Crippen LogP contribution in [-0.2, 0) is 6.42 Å². The molecule has 1 saturated heterocycles. The molecule has 2 rings (SSSR count). The Morgan fingerprint density at radius 2 is 1.79 bits per heavy atom. The second-order valence-corrected chi connectivity index (χ2v) is 6.92. The number of alkyl halides is 3. The van der Waals surface area contributed by atoms with Crippen molar-refractivity contribution in [1.82, 2.24) is 15.1 Å². The zero-order valence-electron chi connectivity index (χ0n) is 17.6. The third-order valence-electron chi connectivity index (χ3n) is 5.08.